The number of carbonyl (C=O) groups excluding carboxylic acids is 1. The average Bonchev–Trinajstić information content (AvgIpc) is 2.94. The van der Waals surface area contributed by atoms with Crippen LogP contribution in [-0.2, 0) is 20.0 Å². The van der Waals surface area contributed by atoms with Crippen LogP contribution in [0.3, 0.4) is 0 Å². The second-order valence-corrected chi connectivity index (χ2v) is 6.02. The number of fused-ring (bicyclic) bond motifs is 1. The summed E-state index contributed by atoms with van der Waals surface area (Å²) in [5.74, 6) is 0.111. The van der Waals surface area contributed by atoms with Gasteiger partial charge in [0.15, 0.2) is 0 Å². The molecule has 0 unspecified atom stereocenters. The van der Waals surface area contributed by atoms with Crippen LogP contribution in [0.15, 0.2) is 11.4 Å². The fraction of sp³-hybridized carbons (Fsp3) is 0.429. The molecule has 0 atom stereocenters. The quantitative estimate of drug-likeness (QED) is 0.801. The van der Waals surface area contributed by atoms with Crippen LogP contribution in [0, 0.1) is 13.8 Å². The first-order valence-electron chi connectivity index (χ1n) is 6.42. The van der Waals surface area contributed by atoms with Crippen molar-refractivity contribution >= 4 is 17.2 Å². The van der Waals surface area contributed by atoms with Crippen molar-refractivity contribution in [3.05, 3.63) is 38.8 Å². The zero-order valence-corrected chi connectivity index (χ0v) is 12.3. The van der Waals surface area contributed by atoms with E-state index < -0.39 is 0 Å². The van der Waals surface area contributed by atoms with Gasteiger partial charge in [-0.05, 0) is 37.3 Å². The first-order chi connectivity index (χ1) is 9.08. The number of carbonyl (C=O) groups is 1. The molecule has 2 aromatic rings. The van der Waals surface area contributed by atoms with Crippen LogP contribution < -0.4 is 0 Å². The lowest BCUT2D eigenvalue weighted by Gasteiger charge is -2.27. The highest BCUT2D eigenvalue weighted by molar-refractivity contribution is 7.10. The normalized spacial score (nSPS) is 14.6. The highest BCUT2D eigenvalue weighted by Crippen LogP contribution is 2.26. The minimum absolute atomic E-state index is 0.111. The molecule has 0 spiro atoms. The van der Waals surface area contributed by atoms with Gasteiger partial charge in [-0.25, -0.2) is 0 Å². The van der Waals surface area contributed by atoms with E-state index in [9.17, 15) is 4.79 Å². The van der Waals surface area contributed by atoms with Crippen molar-refractivity contribution in [2.75, 3.05) is 6.54 Å². The van der Waals surface area contributed by atoms with Crippen molar-refractivity contribution < 1.29 is 4.79 Å². The minimum Gasteiger partial charge on any atom is -0.334 e. The molecule has 0 saturated heterocycles. The first-order valence-corrected chi connectivity index (χ1v) is 7.30. The molecule has 0 N–H and O–H groups in total. The lowest BCUT2D eigenvalue weighted by Crippen LogP contribution is -2.35. The van der Waals surface area contributed by atoms with Gasteiger partial charge in [0.1, 0.15) is 0 Å². The third kappa shape index (κ3) is 1.98. The third-order valence-corrected chi connectivity index (χ3v) is 4.84. The Morgan fingerprint density at radius 1 is 1.42 bits per heavy atom. The van der Waals surface area contributed by atoms with Gasteiger partial charge in [-0.15, -0.1) is 11.3 Å². The van der Waals surface area contributed by atoms with E-state index in [0.29, 0.717) is 0 Å². The Bertz CT molecular complexity index is 641. The molecule has 1 amide bonds. The average molecular weight is 275 g/mol. The summed E-state index contributed by atoms with van der Waals surface area (Å²) in [5.41, 5.74) is 3.82. The number of amides is 1. The molecule has 2 aromatic heterocycles. The predicted octanol–water partition coefficient (Wildman–Crippen LogP) is 2.30. The molecule has 3 heterocycles. The van der Waals surface area contributed by atoms with Gasteiger partial charge in [0.05, 0.1) is 11.3 Å². The molecule has 4 nitrogen and oxygen atoms in total. The molecule has 100 valence electrons. The van der Waals surface area contributed by atoms with Crippen LogP contribution in [0.25, 0.3) is 0 Å². The molecular formula is C14H17N3OS. The molecule has 19 heavy (non-hydrogen) atoms. The largest absolute Gasteiger partial charge is 0.334 e. The number of aromatic nitrogens is 2. The van der Waals surface area contributed by atoms with Crippen molar-refractivity contribution in [1.82, 2.24) is 14.7 Å². The van der Waals surface area contributed by atoms with Gasteiger partial charge < -0.3 is 4.90 Å². The fourth-order valence-electron chi connectivity index (χ4n) is 2.66. The summed E-state index contributed by atoms with van der Waals surface area (Å²) in [5, 5.41) is 6.44. The van der Waals surface area contributed by atoms with E-state index in [1.54, 1.807) is 16.0 Å². The summed E-state index contributed by atoms with van der Waals surface area (Å²) < 4.78 is 1.78. The molecule has 0 aliphatic carbocycles. The molecule has 1 aliphatic rings. The second kappa shape index (κ2) is 4.49. The van der Waals surface area contributed by atoms with E-state index >= 15 is 0 Å². The Labute approximate surface area is 116 Å². The Balaban J connectivity index is 1.90. The molecule has 0 saturated carbocycles. The van der Waals surface area contributed by atoms with Gasteiger partial charge in [-0.2, -0.15) is 5.10 Å². The van der Waals surface area contributed by atoms with E-state index in [1.165, 1.54) is 10.4 Å². The molecular weight excluding hydrogens is 258 g/mol. The van der Waals surface area contributed by atoms with Gasteiger partial charge in [-0.1, -0.05) is 0 Å². The minimum atomic E-state index is 0.111. The van der Waals surface area contributed by atoms with E-state index in [-0.39, 0.29) is 5.91 Å². The van der Waals surface area contributed by atoms with Gasteiger partial charge in [0, 0.05) is 30.7 Å². The van der Waals surface area contributed by atoms with Crippen molar-refractivity contribution in [3.63, 3.8) is 0 Å². The van der Waals surface area contributed by atoms with Gasteiger partial charge in [-0.3, -0.25) is 9.48 Å². The maximum Gasteiger partial charge on any atom is 0.257 e. The summed E-state index contributed by atoms with van der Waals surface area (Å²) in [6, 6.07) is 2.13. The van der Waals surface area contributed by atoms with Crippen molar-refractivity contribution in [1.29, 1.82) is 0 Å². The summed E-state index contributed by atoms with van der Waals surface area (Å²) in [4.78, 5) is 16.0. The zero-order valence-electron chi connectivity index (χ0n) is 11.4. The molecule has 5 heteroatoms. The maximum absolute atomic E-state index is 12.7. The van der Waals surface area contributed by atoms with Gasteiger partial charge in [0.25, 0.3) is 5.91 Å². The van der Waals surface area contributed by atoms with E-state index in [4.69, 9.17) is 0 Å². The number of thiophene rings is 1. The second-order valence-electron chi connectivity index (χ2n) is 5.02. The fourth-order valence-corrected chi connectivity index (χ4v) is 3.55. The molecule has 3 rings (SSSR count). The predicted molar refractivity (Wildman–Crippen MR) is 75.4 cm³/mol. The van der Waals surface area contributed by atoms with Crippen molar-refractivity contribution in [2.45, 2.75) is 26.8 Å². The smallest absolute Gasteiger partial charge is 0.257 e. The van der Waals surface area contributed by atoms with Crippen molar-refractivity contribution in [2.24, 2.45) is 7.05 Å². The SMILES string of the molecule is Cc1nn(C)c(C)c1C(=O)N1CCc2sccc2C1. The lowest BCUT2D eigenvalue weighted by atomic mass is 10.1. The number of hydrogen-bond donors (Lipinski definition) is 0. The van der Waals surface area contributed by atoms with Crippen LogP contribution in [0.1, 0.15) is 32.2 Å². The third-order valence-electron chi connectivity index (χ3n) is 3.82. The van der Waals surface area contributed by atoms with Crippen LogP contribution in [0.5, 0.6) is 0 Å². The monoisotopic (exact) mass is 275 g/mol. The number of rotatable bonds is 1. The number of nitrogens with zero attached hydrogens (tertiary/aromatic N) is 3. The van der Waals surface area contributed by atoms with Crippen LogP contribution in [-0.4, -0.2) is 27.1 Å². The first kappa shape index (κ1) is 12.4. The Kier molecular flexibility index (Phi) is 2.93. The Morgan fingerprint density at radius 3 is 2.89 bits per heavy atom. The molecule has 0 fully saturated rings. The van der Waals surface area contributed by atoms with E-state index in [1.807, 2.05) is 25.8 Å². The maximum atomic E-state index is 12.7. The summed E-state index contributed by atoms with van der Waals surface area (Å²) in [7, 11) is 1.88. The molecule has 0 aromatic carbocycles. The molecule has 1 aliphatic heterocycles. The van der Waals surface area contributed by atoms with Crippen LogP contribution >= 0.6 is 11.3 Å². The zero-order chi connectivity index (χ0) is 13.6. The van der Waals surface area contributed by atoms with Crippen LogP contribution in [0.4, 0.5) is 0 Å². The highest BCUT2D eigenvalue weighted by Gasteiger charge is 2.26. The topological polar surface area (TPSA) is 38.1 Å². The lowest BCUT2D eigenvalue weighted by molar-refractivity contribution is 0.0734. The summed E-state index contributed by atoms with van der Waals surface area (Å²) in [6.07, 6.45) is 0.969. The van der Waals surface area contributed by atoms with Gasteiger partial charge in [0.2, 0.25) is 0 Å². The van der Waals surface area contributed by atoms with Crippen molar-refractivity contribution in [3.8, 4) is 0 Å². The Morgan fingerprint density at radius 2 is 2.21 bits per heavy atom. The van der Waals surface area contributed by atoms with Crippen LogP contribution in [0.2, 0.25) is 0 Å². The standard InChI is InChI=1S/C14H17N3OS/c1-9-13(10(2)16(3)15-9)14(18)17-6-4-12-11(8-17)5-7-19-12/h5,7H,4,6,8H2,1-3H3. The summed E-state index contributed by atoms with van der Waals surface area (Å²) in [6.45, 7) is 5.39. The highest BCUT2D eigenvalue weighted by atomic mass is 32.1. The Hall–Kier alpha value is -1.62. The van der Waals surface area contributed by atoms with E-state index in [0.717, 1.165) is 36.5 Å². The number of hydrogen-bond acceptors (Lipinski definition) is 3. The van der Waals surface area contributed by atoms with Gasteiger partial charge >= 0.3 is 0 Å². The summed E-state index contributed by atoms with van der Waals surface area (Å²) >= 11 is 1.79. The molecule has 0 radical (unpaired) electrons. The van der Waals surface area contributed by atoms with E-state index in [2.05, 4.69) is 16.5 Å². The molecule has 0 bridgehead atoms. The number of aryl methyl sites for hydroxylation is 2.